The van der Waals surface area contributed by atoms with E-state index in [1.807, 2.05) is 31.2 Å². The first-order chi connectivity index (χ1) is 8.20. The zero-order valence-electron chi connectivity index (χ0n) is 9.65. The molecule has 1 atom stereocenters. The maximum absolute atomic E-state index is 12.9. The fourth-order valence-electron chi connectivity index (χ4n) is 1.80. The number of hydrazine groups is 1. The molecular weight excluding hydrogens is 215 g/mol. The number of nitrogens with one attached hydrogen (secondary N) is 1. The van der Waals surface area contributed by atoms with Crippen LogP contribution in [0.3, 0.4) is 0 Å². The van der Waals surface area contributed by atoms with Crippen LogP contribution in [-0.4, -0.2) is 0 Å². The minimum atomic E-state index is -0.242. The van der Waals surface area contributed by atoms with E-state index in [2.05, 4.69) is 5.43 Å². The van der Waals surface area contributed by atoms with Gasteiger partial charge in [0, 0.05) is 0 Å². The molecule has 0 heterocycles. The number of nitrogens with two attached hydrogens (primary N) is 1. The van der Waals surface area contributed by atoms with Gasteiger partial charge in [-0.3, -0.25) is 5.84 Å². The van der Waals surface area contributed by atoms with E-state index in [0.717, 1.165) is 11.1 Å². The van der Waals surface area contributed by atoms with Crippen molar-refractivity contribution in [1.29, 1.82) is 0 Å². The highest BCUT2D eigenvalue weighted by Gasteiger charge is 2.11. The second-order valence-electron chi connectivity index (χ2n) is 4.06. The molecule has 17 heavy (non-hydrogen) atoms. The van der Waals surface area contributed by atoms with Gasteiger partial charge in [-0.15, -0.1) is 0 Å². The Hall–Kier alpha value is -1.71. The van der Waals surface area contributed by atoms with E-state index < -0.39 is 0 Å². The summed E-state index contributed by atoms with van der Waals surface area (Å²) in [5.74, 6) is 5.33. The first-order valence-corrected chi connectivity index (χ1v) is 5.49. The number of halogens is 1. The Balaban J connectivity index is 2.33. The number of benzene rings is 2. The summed E-state index contributed by atoms with van der Waals surface area (Å²) in [7, 11) is 0. The van der Waals surface area contributed by atoms with E-state index in [9.17, 15) is 4.39 Å². The molecule has 88 valence electrons. The molecule has 0 aromatic heterocycles. The molecule has 3 heteroatoms. The molecule has 2 aromatic rings. The predicted molar refractivity (Wildman–Crippen MR) is 66.7 cm³/mol. The summed E-state index contributed by atoms with van der Waals surface area (Å²) < 4.78 is 12.9. The highest BCUT2D eigenvalue weighted by atomic mass is 19.1. The average Bonchev–Trinajstić information content (AvgIpc) is 2.35. The molecule has 2 nitrogen and oxygen atoms in total. The average molecular weight is 230 g/mol. The van der Waals surface area contributed by atoms with Crippen LogP contribution in [0.25, 0.3) is 0 Å². The molecule has 2 rings (SSSR count). The Labute approximate surface area is 100 Å². The lowest BCUT2D eigenvalue weighted by atomic mass is 9.98. The molecule has 0 fully saturated rings. The van der Waals surface area contributed by atoms with Crippen molar-refractivity contribution in [2.24, 2.45) is 5.84 Å². The fraction of sp³-hybridized carbons (Fsp3) is 0.143. The molecule has 0 aliphatic rings. The molecule has 1 unspecified atom stereocenters. The van der Waals surface area contributed by atoms with Crippen LogP contribution in [0.5, 0.6) is 0 Å². The van der Waals surface area contributed by atoms with Gasteiger partial charge in [0.15, 0.2) is 0 Å². The number of aryl methyl sites for hydroxylation is 1. The van der Waals surface area contributed by atoms with Crippen LogP contribution in [0.15, 0.2) is 48.5 Å². The lowest BCUT2D eigenvalue weighted by Crippen LogP contribution is -2.28. The van der Waals surface area contributed by atoms with E-state index in [1.165, 1.54) is 17.7 Å². The lowest BCUT2D eigenvalue weighted by Gasteiger charge is -2.17. The maximum Gasteiger partial charge on any atom is 0.123 e. The van der Waals surface area contributed by atoms with Gasteiger partial charge in [0.2, 0.25) is 0 Å². The molecule has 0 radical (unpaired) electrons. The van der Waals surface area contributed by atoms with Crippen molar-refractivity contribution in [2.75, 3.05) is 0 Å². The maximum atomic E-state index is 12.9. The zero-order valence-corrected chi connectivity index (χ0v) is 9.65. The molecule has 0 bridgehead atoms. The van der Waals surface area contributed by atoms with Crippen molar-refractivity contribution in [3.8, 4) is 0 Å². The van der Waals surface area contributed by atoms with Crippen LogP contribution in [0, 0.1) is 12.7 Å². The molecule has 0 spiro atoms. The Morgan fingerprint density at radius 2 is 1.41 bits per heavy atom. The Morgan fingerprint density at radius 1 is 0.941 bits per heavy atom. The van der Waals surface area contributed by atoms with Crippen molar-refractivity contribution >= 4 is 0 Å². The van der Waals surface area contributed by atoms with E-state index >= 15 is 0 Å². The standard InChI is InChI=1S/C14H15FN2/c1-10-2-4-11(5-3-10)14(17-16)12-6-8-13(15)9-7-12/h2-9,14,17H,16H2,1H3. The second kappa shape index (κ2) is 5.08. The Kier molecular flexibility index (Phi) is 3.52. The molecule has 3 N–H and O–H groups in total. The van der Waals surface area contributed by atoms with E-state index in [0.29, 0.717) is 0 Å². The highest BCUT2D eigenvalue weighted by molar-refractivity contribution is 5.33. The summed E-state index contributed by atoms with van der Waals surface area (Å²) in [6.07, 6.45) is 0. The number of rotatable bonds is 3. The molecule has 0 amide bonds. The second-order valence-corrected chi connectivity index (χ2v) is 4.06. The third-order valence-electron chi connectivity index (χ3n) is 2.78. The smallest absolute Gasteiger partial charge is 0.123 e. The van der Waals surface area contributed by atoms with Crippen molar-refractivity contribution in [3.05, 3.63) is 71.0 Å². The van der Waals surface area contributed by atoms with Crippen LogP contribution in [0.4, 0.5) is 4.39 Å². The lowest BCUT2D eigenvalue weighted by molar-refractivity contribution is 0.615. The van der Waals surface area contributed by atoms with E-state index in [4.69, 9.17) is 5.84 Å². The molecule has 0 aliphatic heterocycles. The molecular formula is C14H15FN2. The van der Waals surface area contributed by atoms with Crippen LogP contribution in [0.2, 0.25) is 0 Å². The summed E-state index contributed by atoms with van der Waals surface area (Å²) in [5, 5.41) is 0. The SMILES string of the molecule is Cc1ccc(C(NN)c2ccc(F)cc2)cc1. The van der Waals surface area contributed by atoms with Crippen molar-refractivity contribution < 1.29 is 4.39 Å². The van der Waals surface area contributed by atoms with Gasteiger partial charge in [-0.25, -0.2) is 9.82 Å². The minimum absolute atomic E-state index is 0.115. The van der Waals surface area contributed by atoms with Crippen LogP contribution < -0.4 is 11.3 Å². The van der Waals surface area contributed by atoms with Gasteiger partial charge < -0.3 is 0 Å². The van der Waals surface area contributed by atoms with Gasteiger partial charge in [0.05, 0.1) is 6.04 Å². The summed E-state index contributed by atoms with van der Waals surface area (Å²) in [5.41, 5.74) is 5.95. The van der Waals surface area contributed by atoms with Gasteiger partial charge in [0.25, 0.3) is 0 Å². The topological polar surface area (TPSA) is 38.0 Å². The minimum Gasteiger partial charge on any atom is -0.271 e. The third kappa shape index (κ3) is 2.70. The Morgan fingerprint density at radius 3 is 1.88 bits per heavy atom. The Bertz CT molecular complexity index is 431. The van der Waals surface area contributed by atoms with E-state index in [-0.39, 0.29) is 11.9 Å². The first-order valence-electron chi connectivity index (χ1n) is 5.49. The van der Waals surface area contributed by atoms with Gasteiger partial charge >= 0.3 is 0 Å². The van der Waals surface area contributed by atoms with Gasteiger partial charge in [0.1, 0.15) is 5.82 Å². The van der Waals surface area contributed by atoms with Crippen LogP contribution >= 0.6 is 0 Å². The normalized spacial score (nSPS) is 12.4. The largest absolute Gasteiger partial charge is 0.271 e. The summed E-state index contributed by atoms with van der Waals surface area (Å²) in [6, 6.07) is 14.3. The summed E-state index contributed by atoms with van der Waals surface area (Å²) in [6.45, 7) is 2.03. The fourth-order valence-corrected chi connectivity index (χ4v) is 1.80. The van der Waals surface area contributed by atoms with Gasteiger partial charge in [-0.05, 0) is 30.2 Å². The molecule has 0 saturated carbocycles. The molecule has 0 saturated heterocycles. The van der Waals surface area contributed by atoms with Crippen LogP contribution in [-0.2, 0) is 0 Å². The van der Waals surface area contributed by atoms with Gasteiger partial charge in [-0.1, -0.05) is 42.0 Å². The highest BCUT2D eigenvalue weighted by Crippen LogP contribution is 2.21. The van der Waals surface area contributed by atoms with Crippen molar-refractivity contribution in [1.82, 2.24) is 5.43 Å². The van der Waals surface area contributed by atoms with Crippen molar-refractivity contribution in [3.63, 3.8) is 0 Å². The number of hydrogen-bond acceptors (Lipinski definition) is 2. The summed E-state index contributed by atoms with van der Waals surface area (Å²) in [4.78, 5) is 0. The van der Waals surface area contributed by atoms with E-state index in [1.54, 1.807) is 12.1 Å². The van der Waals surface area contributed by atoms with Crippen molar-refractivity contribution in [2.45, 2.75) is 13.0 Å². The monoisotopic (exact) mass is 230 g/mol. The van der Waals surface area contributed by atoms with Gasteiger partial charge in [-0.2, -0.15) is 0 Å². The molecule has 0 aliphatic carbocycles. The molecule has 2 aromatic carbocycles. The first kappa shape index (κ1) is 11.8. The third-order valence-corrected chi connectivity index (χ3v) is 2.78. The summed E-state index contributed by atoms with van der Waals surface area (Å²) >= 11 is 0. The predicted octanol–water partition coefficient (Wildman–Crippen LogP) is 2.69. The zero-order chi connectivity index (χ0) is 12.3. The van der Waals surface area contributed by atoms with Crippen LogP contribution in [0.1, 0.15) is 22.7 Å². The number of hydrogen-bond donors (Lipinski definition) is 2. The quantitative estimate of drug-likeness (QED) is 0.628.